The topological polar surface area (TPSA) is 88.0 Å². The summed E-state index contributed by atoms with van der Waals surface area (Å²) in [5.41, 5.74) is 4.72. The van der Waals surface area contributed by atoms with Gasteiger partial charge in [-0.25, -0.2) is 9.48 Å². The van der Waals surface area contributed by atoms with Gasteiger partial charge < -0.3 is 16.0 Å². The van der Waals surface area contributed by atoms with Gasteiger partial charge >= 0.3 is 6.03 Å². The number of aryl methyl sites for hydroxylation is 2. The summed E-state index contributed by atoms with van der Waals surface area (Å²) in [4.78, 5) is 23.7. The number of rotatable bonds is 4. The first-order chi connectivity index (χ1) is 13.0. The monoisotopic (exact) mass is 363 g/mol. The smallest absolute Gasteiger partial charge is 0.318 e. The Morgan fingerprint density at radius 1 is 0.889 bits per heavy atom. The van der Waals surface area contributed by atoms with E-state index in [9.17, 15) is 9.59 Å². The lowest BCUT2D eigenvalue weighted by Crippen LogP contribution is -2.24. The van der Waals surface area contributed by atoms with Crippen LogP contribution in [0.4, 0.5) is 16.2 Å². The third-order valence-electron chi connectivity index (χ3n) is 4.01. The van der Waals surface area contributed by atoms with Crippen molar-refractivity contribution in [2.45, 2.75) is 13.8 Å². The number of hydrogen-bond donors (Lipinski definition) is 3. The number of nitrogens with zero attached hydrogens (tertiary/aromatic N) is 2. The van der Waals surface area contributed by atoms with Gasteiger partial charge in [-0.05, 0) is 68.4 Å². The lowest BCUT2D eigenvalue weighted by atomic mass is 10.2. The van der Waals surface area contributed by atoms with Crippen LogP contribution in [0.25, 0.3) is 5.69 Å². The zero-order chi connectivity index (χ0) is 19.4. The van der Waals surface area contributed by atoms with Crippen molar-refractivity contribution in [3.63, 3.8) is 0 Å². The summed E-state index contributed by atoms with van der Waals surface area (Å²) >= 11 is 0. The maximum Gasteiger partial charge on any atom is 0.318 e. The summed E-state index contributed by atoms with van der Waals surface area (Å²) in [6.07, 6.45) is 0. The minimum absolute atomic E-state index is 0.207. The molecule has 0 aliphatic carbocycles. The SMILES string of the molecule is CNC(=O)Nc1ccc(NC(=O)c2ccc(-n3nc(C)cc3C)cc2)cc1. The van der Waals surface area contributed by atoms with Crippen molar-refractivity contribution in [3.8, 4) is 5.69 Å². The number of anilines is 2. The average Bonchev–Trinajstić information content (AvgIpc) is 3.01. The van der Waals surface area contributed by atoms with Crippen molar-refractivity contribution in [2.24, 2.45) is 0 Å². The molecule has 0 unspecified atom stereocenters. The second-order valence-corrected chi connectivity index (χ2v) is 6.12. The number of amides is 3. The predicted molar refractivity (Wildman–Crippen MR) is 106 cm³/mol. The van der Waals surface area contributed by atoms with Gasteiger partial charge in [0.1, 0.15) is 0 Å². The van der Waals surface area contributed by atoms with Gasteiger partial charge in [-0.1, -0.05) is 0 Å². The fraction of sp³-hybridized carbons (Fsp3) is 0.150. The molecule has 27 heavy (non-hydrogen) atoms. The van der Waals surface area contributed by atoms with Gasteiger partial charge in [0.05, 0.1) is 11.4 Å². The molecule has 2 aromatic carbocycles. The summed E-state index contributed by atoms with van der Waals surface area (Å²) < 4.78 is 1.84. The molecule has 0 saturated carbocycles. The normalized spacial score (nSPS) is 10.3. The van der Waals surface area contributed by atoms with Gasteiger partial charge in [0.2, 0.25) is 0 Å². The molecule has 3 N–H and O–H groups in total. The van der Waals surface area contributed by atoms with Crippen molar-refractivity contribution in [1.29, 1.82) is 0 Å². The summed E-state index contributed by atoms with van der Waals surface area (Å²) in [5.74, 6) is -0.207. The molecule has 0 spiro atoms. The molecule has 0 atom stereocenters. The zero-order valence-corrected chi connectivity index (χ0v) is 15.4. The Bertz CT molecular complexity index is 959. The number of carbonyl (C=O) groups is 2. The molecule has 3 rings (SSSR count). The highest BCUT2D eigenvalue weighted by molar-refractivity contribution is 6.04. The quantitative estimate of drug-likeness (QED) is 0.663. The van der Waals surface area contributed by atoms with Crippen molar-refractivity contribution in [2.75, 3.05) is 17.7 Å². The molecular formula is C20H21N5O2. The second kappa shape index (κ2) is 7.74. The van der Waals surface area contributed by atoms with Crippen LogP contribution in [0.15, 0.2) is 54.6 Å². The average molecular weight is 363 g/mol. The minimum atomic E-state index is -0.297. The maximum absolute atomic E-state index is 12.4. The molecule has 0 bridgehead atoms. The Morgan fingerprint density at radius 3 is 2.00 bits per heavy atom. The molecule has 3 aromatic rings. The lowest BCUT2D eigenvalue weighted by Gasteiger charge is -2.09. The molecule has 0 saturated heterocycles. The van der Waals surface area contributed by atoms with E-state index in [-0.39, 0.29) is 11.9 Å². The second-order valence-electron chi connectivity index (χ2n) is 6.12. The fourth-order valence-electron chi connectivity index (χ4n) is 2.68. The standard InChI is InChI=1S/C20H21N5O2/c1-13-12-14(2)25(24-13)18-10-4-15(5-11-18)19(26)22-16-6-8-17(9-7-16)23-20(27)21-3/h4-12H,1-3H3,(H,22,26)(H2,21,23,27). The largest absolute Gasteiger partial charge is 0.341 e. The van der Waals surface area contributed by atoms with Crippen LogP contribution in [0, 0.1) is 13.8 Å². The van der Waals surface area contributed by atoms with Crippen LogP contribution in [-0.4, -0.2) is 28.8 Å². The lowest BCUT2D eigenvalue weighted by molar-refractivity contribution is 0.102. The van der Waals surface area contributed by atoms with Crippen molar-refractivity contribution >= 4 is 23.3 Å². The van der Waals surface area contributed by atoms with Gasteiger partial charge in [-0.15, -0.1) is 0 Å². The molecular weight excluding hydrogens is 342 g/mol. The van der Waals surface area contributed by atoms with Crippen LogP contribution in [0.3, 0.4) is 0 Å². The van der Waals surface area contributed by atoms with Crippen LogP contribution >= 0.6 is 0 Å². The van der Waals surface area contributed by atoms with Crippen LogP contribution in [0.1, 0.15) is 21.7 Å². The first-order valence-corrected chi connectivity index (χ1v) is 8.50. The highest BCUT2D eigenvalue weighted by atomic mass is 16.2. The van der Waals surface area contributed by atoms with Crippen LogP contribution in [0.2, 0.25) is 0 Å². The number of aromatic nitrogens is 2. The van der Waals surface area contributed by atoms with Crippen LogP contribution in [-0.2, 0) is 0 Å². The Hall–Kier alpha value is -3.61. The molecule has 138 valence electrons. The van der Waals surface area contributed by atoms with E-state index in [2.05, 4.69) is 21.0 Å². The van der Waals surface area contributed by atoms with Crippen molar-refractivity contribution in [1.82, 2.24) is 15.1 Å². The number of urea groups is 1. The number of carbonyl (C=O) groups excluding carboxylic acids is 2. The van der Waals surface area contributed by atoms with Crippen molar-refractivity contribution in [3.05, 3.63) is 71.5 Å². The molecule has 3 amide bonds. The van der Waals surface area contributed by atoms with E-state index < -0.39 is 0 Å². The molecule has 0 radical (unpaired) electrons. The maximum atomic E-state index is 12.4. The molecule has 1 aromatic heterocycles. The van der Waals surface area contributed by atoms with Crippen molar-refractivity contribution < 1.29 is 9.59 Å². The van der Waals surface area contributed by atoms with E-state index in [1.165, 1.54) is 0 Å². The Labute approximate surface area is 157 Å². The van der Waals surface area contributed by atoms with E-state index >= 15 is 0 Å². The van der Waals surface area contributed by atoms with E-state index in [4.69, 9.17) is 0 Å². The number of benzene rings is 2. The molecule has 0 aliphatic rings. The Balaban J connectivity index is 1.67. The van der Waals surface area contributed by atoms with E-state index in [1.54, 1.807) is 43.4 Å². The van der Waals surface area contributed by atoms with Gasteiger partial charge in [0, 0.05) is 29.7 Å². The molecule has 0 fully saturated rings. The zero-order valence-electron chi connectivity index (χ0n) is 15.4. The van der Waals surface area contributed by atoms with Crippen LogP contribution < -0.4 is 16.0 Å². The number of hydrogen-bond acceptors (Lipinski definition) is 3. The van der Waals surface area contributed by atoms with E-state index in [0.717, 1.165) is 17.1 Å². The summed E-state index contributed by atoms with van der Waals surface area (Å²) in [6.45, 7) is 3.93. The number of nitrogens with one attached hydrogen (secondary N) is 3. The predicted octanol–water partition coefficient (Wildman–Crippen LogP) is 3.49. The Kier molecular flexibility index (Phi) is 5.21. The summed E-state index contributed by atoms with van der Waals surface area (Å²) in [5, 5.41) is 12.4. The highest BCUT2D eigenvalue weighted by Crippen LogP contribution is 2.16. The molecule has 7 nitrogen and oxygen atoms in total. The first kappa shape index (κ1) is 18.2. The molecule has 1 heterocycles. The molecule has 0 aliphatic heterocycles. The first-order valence-electron chi connectivity index (χ1n) is 8.50. The highest BCUT2D eigenvalue weighted by Gasteiger charge is 2.08. The third kappa shape index (κ3) is 4.33. The Morgan fingerprint density at radius 2 is 1.48 bits per heavy atom. The summed E-state index contributed by atoms with van der Waals surface area (Å²) in [6, 6.07) is 15.9. The van der Waals surface area contributed by atoms with E-state index in [0.29, 0.717) is 16.9 Å². The van der Waals surface area contributed by atoms with E-state index in [1.807, 2.05) is 36.7 Å². The fourth-order valence-corrected chi connectivity index (χ4v) is 2.68. The van der Waals surface area contributed by atoms with Gasteiger partial charge in [-0.3, -0.25) is 4.79 Å². The van der Waals surface area contributed by atoms with Gasteiger partial charge in [-0.2, -0.15) is 5.10 Å². The third-order valence-corrected chi connectivity index (χ3v) is 4.01. The van der Waals surface area contributed by atoms with Gasteiger partial charge in [0.25, 0.3) is 5.91 Å². The minimum Gasteiger partial charge on any atom is -0.341 e. The summed E-state index contributed by atoms with van der Waals surface area (Å²) in [7, 11) is 1.55. The van der Waals surface area contributed by atoms with Crippen LogP contribution in [0.5, 0.6) is 0 Å². The molecule has 7 heteroatoms. The van der Waals surface area contributed by atoms with Gasteiger partial charge in [0.15, 0.2) is 0 Å².